The van der Waals surface area contributed by atoms with Crippen LogP contribution in [-0.4, -0.2) is 34.4 Å². The number of ether oxygens (including phenoxy) is 1. The number of fused-ring (bicyclic) bond motifs is 1. The van der Waals surface area contributed by atoms with Crippen LogP contribution in [0.25, 0.3) is 0 Å². The molecule has 1 aliphatic heterocycles. The number of hydrogen-bond acceptors (Lipinski definition) is 6. The van der Waals surface area contributed by atoms with Crippen LogP contribution in [0.3, 0.4) is 0 Å². The predicted molar refractivity (Wildman–Crippen MR) is 69.0 cm³/mol. The maximum Gasteiger partial charge on any atom is 0.339 e. The molecule has 1 aliphatic rings. The van der Waals surface area contributed by atoms with Gasteiger partial charge in [0.1, 0.15) is 12.2 Å². The van der Waals surface area contributed by atoms with Crippen LogP contribution in [0.15, 0.2) is 22.7 Å². The molecule has 1 aromatic heterocycles. The Morgan fingerprint density at radius 2 is 2.35 bits per heavy atom. The molecule has 0 bridgehead atoms. The Morgan fingerprint density at radius 1 is 1.50 bits per heavy atom. The van der Waals surface area contributed by atoms with Gasteiger partial charge in [-0.1, -0.05) is 11.2 Å². The molecule has 2 aromatic rings. The minimum Gasteiger partial charge on any atom is -0.489 e. The van der Waals surface area contributed by atoms with Gasteiger partial charge >= 0.3 is 5.97 Å². The average molecular weight is 275 g/mol. The van der Waals surface area contributed by atoms with E-state index < -0.39 is 5.97 Å². The third-order valence-corrected chi connectivity index (χ3v) is 3.07. The number of aryl methyl sites for hydroxylation is 1. The van der Waals surface area contributed by atoms with Gasteiger partial charge in [-0.15, -0.1) is 0 Å². The topological polar surface area (TPSA) is 88.7 Å². The summed E-state index contributed by atoms with van der Waals surface area (Å²) in [6.45, 7) is 3.24. The van der Waals surface area contributed by atoms with Gasteiger partial charge in [0.2, 0.25) is 5.89 Å². The maximum absolute atomic E-state index is 11.2. The highest BCUT2D eigenvalue weighted by Crippen LogP contribution is 2.35. The van der Waals surface area contributed by atoms with E-state index in [0.29, 0.717) is 37.2 Å². The van der Waals surface area contributed by atoms with E-state index in [1.165, 1.54) is 6.07 Å². The van der Waals surface area contributed by atoms with Crippen molar-refractivity contribution in [2.75, 3.05) is 18.1 Å². The number of carboxylic acid groups (broad SMARTS) is 1. The monoisotopic (exact) mass is 275 g/mol. The van der Waals surface area contributed by atoms with Gasteiger partial charge in [-0.25, -0.2) is 4.79 Å². The molecule has 7 nitrogen and oxygen atoms in total. The Morgan fingerprint density at radius 3 is 3.05 bits per heavy atom. The lowest BCUT2D eigenvalue weighted by Gasteiger charge is -2.30. The van der Waals surface area contributed by atoms with Crippen molar-refractivity contribution >= 4 is 11.7 Å². The first kappa shape index (κ1) is 12.5. The molecule has 2 heterocycles. The molecule has 0 spiro atoms. The van der Waals surface area contributed by atoms with Gasteiger partial charge < -0.3 is 19.3 Å². The number of carboxylic acids is 1. The Bertz CT molecular complexity index is 653. The summed E-state index contributed by atoms with van der Waals surface area (Å²) in [4.78, 5) is 17.3. The Labute approximate surface area is 114 Å². The van der Waals surface area contributed by atoms with Gasteiger partial charge in [-0.3, -0.25) is 0 Å². The molecular formula is C13H13N3O4. The van der Waals surface area contributed by atoms with Crippen molar-refractivity contribution in [3.8, 4) is 5.75 Å². The summed E-state index contributed by atoms with van der Waals surface area (Å²) in [7, 11) is 0. The first-order valence-electron chi connectivity index (χ1n) is 6.18. The highest BCUT2D eigenvalue weighted by molar-refractivity contribution is 5.93. The number of benzene rings is 1. The first-order chi connectivity index (χ1) is 9.65. The minimum atomic E-state index is -1.00. The number of anilines is 1. The number of nitrogens with zero attached hydrogens (tertiary/aromatic N) is 3. The van der Waals surface area contributed by atoms with E-state index in [9.17, 15) is 9.90 Å². The number of para-hydroxylation sites is 1. The molecule has 0 saturated heterocycles. The third kappa shape index (κ3) is 2.18. The molecule has 0 amide bonds. The van der Waals surface area contributed by atoms with Crippen LogP contribution in [0.5, 0.6) is 5.75 Å². The molecule has 0 radical (unpaired) electrons. The highest BCUT2D eigenvalue weighted by Gasteiger charge is 2.24. The zero-order valence-corrected chi connectivity index (χ0v) is 10.9. The van der Waals surface area contributed by atoms with Gasteiger partial charge in [0.15, 0.2) is 11.6 Å². The highest BCUT2D eigenvalue weighted by atomic mass is 16.5. The van der Waals surface area contributed by atoms with E-state index in [2.05, 4.69) is 10.1 Å². The minimum absolute atomic E-state index is 0.161. The van der Waals surface area contributed by atoms with Crippen molar-refractivity contribution in [2.45, 2.75) is 13.5 Å². The molecule has 1 aromatic carbocycles. The normalized spacial score (nSPS) is 13.8. The van der Waals surface area contributed by atoms with Crippen molar-refractivity contribution in [1.29, 1.82) is 0 Å². The SMILES string of the molecule is Cc1noc(CN2CCOc3c(C(=O)O)cccc32)n1. The standard InChI is InChI=1S/C13H13N3O4/c1-8-14-11(20-15-8)7-16-5-6-19-12-9(13(17)18)3-2-4-10(12)16/h2-4H,5-7H2,1H3,(H,17,18). The lowest BCUT2D eigenvalue weighted by molar-refractivity contribution is 0.0692. The van der Waals surface area contributed by atoms with Gasteiger partial charge in [-0.2, -0.15) is 4.98 Å². The molecule has 20 heavy (non-hydrogen) atoms. The summed E-state index contributed by atoms with van der Waals surface area (Å²) in [5.74, 6) is 0.462. The zero-order chi connectivity index (χ0) is 14.1. The summed E-state index contributed by atoms with van der Waals surface area (Å²) in [5.41, 5.74) is 0.890. The van der Waals surface area contributed by atoms with Crippen LogP contribution < -0.4 is 9.64 Å². The fourth-order valence-electron chi connectivity index (χ4n) is 2.20. The molecule has 1 N–H and O–H groups in total. The van der Waals surface area contributed by atoms with E-state index in [0.717, 1.165) is 5.69 Å². The summed E-state index contributed by atoms with van der Waals surface area (Å²) < 4.78 is 10.6. The van der Waals surface area contributed by atoms with Gasteiger partial charge in [0.25, 0.3) is 0 Å². The molecule has 0 fully saturated rings. The molecule has 7 heteroatoms. The maximum atomic E-state index is 11.2. The van der Waals surface area contributed by atoms with Gasteiger partial charge in [-0.05, 0) is 19.1 Å². The molecule has 0 unspecified atom stereocenters. The Hall–Kier alpha value is -2.57. The summed E-state index contributed by atoms with van der Waals surface area (Å²) in [6.07, 6.45) is 0. The molecule has 0 saturated carbocycles. The molecule has 104 valence electrons. The fraction of sp³-hybridized carbons (Fsp3) is 0.308. The van der Waals surface area contributed by atoms with Crippen LogP contribution in [0.1, 0.15) is 22.1 Å². The number of rotatable bonds is 3. The lowest BCUT2D eigenvalue weighted by atomic mass is 10.1. The molecule has 0 atom stereocenters. The Kier molecular flexibility index (Phi) is 3.02. The van der Waals surface area contributed by atoms with Crippen molar-refractivity contribution in [3.63, 3.8) is 0 Å². The van der Waals surface area contributed by atoms with Crippen LogP contribution >= 0.6 is 0 Å². The second-order valence-electron chi connectivity index (χ2n) is 4.46. The van der Waals surface area contributed by atoms with Crippen molar-refractivity contribution < 1.29 is 19.2 Å². The van der Waals surface area contributed by atoms with Crippen molar-refractivity contribution in [1.82, 2.24) is 10.1 Å². The van der Waals surface area contributed by atoms with Crippen molar-refractivity contribution in [2.24, 2.45) is 0 Å². The predicted octanol–water partition coefficient (Wildman–Crippen LogP) is 1.48. The molecular weight excluding hydrogens is 262 g/mol. The van der Waals surface area contributed by atoms with Crippen LogP contribution in [-0.2, 0) is 6.54 Å². The number of aromatic carboxylic acids is 1. The largest absolute Gasteiger partial charge is 0.489 e. The smallest absolute Gasteiger partial charge is 0.339 e. The molecule has 3 rings (SSSR count). The first-order valence-corrected chi connectivity index (χ1v) is 6.18. The van der Waals surface area contributed by atoms with Crippen LogP contribution in [0.4, 0.5) is 5.69 Å². The van der Waals surface area contributed by atoms with Gasteiger partial charge in [0, 0.05) is 0 Å². The number of hydrogen-bond donors (Lipinski definition) is 1. The lowest BCUT2D eigenvalue weighted by Crippen LogP contribution is -2.33. The van der Waals surface area contributed by atoms with Crippen molar-refractivity contribution in [3.05, 3.63) is 35.5 Å². The van der Waals surface area contributed by atoms with E-state index in [-0.39, 0.29) is 5.56 Å². The summed E-state index contributed by atoms with van der Waals surface area (Å²) in [6, 6.07) is 5.05. The molecule has 0 aliphatic carbocycles. The van der Waals surface area contributed by atoms with E-state index >= 15 is 0 Å². The van der Waals surface area contributed by atoms with Crippen LogP contribution in [0.2, 0.25) is 0 Å². The summed E-state index contributed by atoms with van der Waals surface area (Å²) >= 11 is 0. The summed E-state index contributed by atoms with van der Waals surface area (Å²) in [5, 5.41) is 12.9. The van der Waals surface area contributed by atoms with E-state index in [1.807, 2.05) is 11.0 Å². The third-order valence-electron chi connectivity index (χ3n) is 3.07. The second-order valence-corrected chi connectivity index (χ2v) is 4.46. The zero-order valence-electron chi connectivity index (χ0n) is 10.9. The van der Waals surface area contributed by atoms with E-state index in [1.54, 1.807) is 13.0 Å². The quantitative estimate of drug-likeness (QED) is 0.907. The van der Waals surface area contributed by atoms with Gasteiger partial charge in [0.05, 0.1) is 18.8 Å². The Balaban J connectivity index is 1.94. The fourth-order valence-corrected chi connectivity index (χ4v) is 2.20. The second kappa shape index (κ2) is 4.84. The van der Waals surface area contributed by atoms with Crippen LogP contribution in [0, 0.1) is 6.92 Å². The number of aromatic nitrogens is 2. The average Bonchev–Trinajstić information content (AvgIpc) is 2.84. The van der Waals surface area contributed by atoms with E-state index in [4.69, 9.17) is 9.26 Å². The number of carbonyl (C=O) groups is 1.